The number of amides is 1. The van der Waals surface area contributed by atoms with E-state index < -0.39 is 0 Å². The molecule has 3 rings (SSSR count). The van der Waals surface area contributed by atoms with Crippen LogP contribution in [-0.2, 0) is 24.3 Å². The van der Waals surface area contributed by atoms with Gasteiger partial charge in [0.2, 0.25) is 5.91 Å². The molecule has 1 aliphatic heterocycles. The van der Waals surface area contributed by atoms with Gasteiger partial charge < -0.3 is 5.32 Å². The molecule has 1 aromatic heterocycles. The third-order valence-electron chi connectivity index (χ3n) is 4.01. The summed E-state index contributed by atoms with van der Waals surface area (Å²) in [7, 11) is 0. The number of aryl methyl sites for hydroxylation is 2. The monoisotopic (exact) mass is 375 g/mol. The molecular formula is C18H21N3O2S2. The fourth-order valence-electron chi connectivity index (χ4n) is 2.60. The molecule has 0 spiro atoms. The minimum absolute atomic E-state index is 0.0255. The standard InChI is InChI=1S/C18H21N3O2S2/c1-3-21-17(23)16-14(8-9-24-16)20-18(21)25-11-15(22)19-10-13-6-4-12(2)5-7-13/h4-7H,3,8-11H2,1-2H3,(H,19,22). The summed E-state index contributed by atoms with van der Waals surface area (Å²) in [6.45, 7) is 5.03. The van der Waals surface area contributed by atoms with E-state index in [1.54, 1.807) is 16.3 Å². The highest BCUT2D eigenvalue weighted by atomic mass is 32.2. The quantitative estimate of drug-likeness (QED) is 0.621. The van der Waals surface area contributed by atoms with Gasteiger partial charge in [0.25, 0.3) is 5.56 Å². The lowest BCUT2D eigenvalue weighted by Gasteiger charge is -2.11. The Balaban J connectivity index is 1.61. The molecule has 1 aromatic carbocycles. The number of benzene rings is 1. The normalized spacial score (nSPS) is 12.9. The van der Waals surface area contributed by atoms with Crippen LogP contribution in [0.25, 0.3) is 0 Å². The van der Waals surface area contributed by atoms with Crippen molar-refractivity contribution < 1.29 is 4.79 Å². The molecule has 5 nitrogen and oxygen atoms in total. The van der Waals surface area contributed by atoms with Crippen molar-refractivity contribution in [1.29, 1.82) is 0 Å². The van der Waals surface area contributed by atoms with Gasteiger partial charge in [-0.1, -0.05) is 41.6 Å². The fourth-order valence-corrected chi connectivity index (χ4v) is 4.55. The molecule has 25 heavy (non-hydrogen) atoms. The van der Waals surface area contributed by atoms with Gasteiger partial charge in [-0.05, 0) is 19.4 Å². The van der Waals surface area contributed by atoms with Gasteiger partial charge in [-0.15, -0.1) is 11.8 Å². The molecule has 0 saturated heterocycles. The van der Waals surface area contributed by atoms with E-state index in [4.69, 9.17) is 0 Å². The van der Waals surface area contributed by atoms with E-state index in [0.29, 0.717) is 18.2 Å². The molecule has 1 amide bonds. The van der Waals surface area contributed by atoms with Gasteiger partial charge in [0.15, 0.2) is 5.16 Å². The molecule has 2 heterocycles. The first-order chi connectivity index (χ1) is 12.1. The van der Waals surface area contributed by atoms with Crippen LogP contribution in [0.1, 0.15) is 23.7 Å². The van der Waals surface area contributed by atoms with E-state index >= 15 is 0 Å². The summed E-state index contributed by atoms with van der Waals surface area (Å²) in [5.41, 5.74) is 3.17. The number of fused-ring (bicyclic) bond motifs is 1. The van der Waals surface area contributed by atoms with Crippen molar-refractivity contribution in [1.82, 2.24) is 14.9 Å². The molecule has 1 aliphatic rings. The first-order valence-corrected chi connectivity index (χ1v) is 10.3. The van der Waals surface area contributed by atoms with E-state index in [9.17, 15) is 9.59 Å². The fraction of sp³-hybridized carbons (Fsp3) is 0.389. The molecular weight excluding hydrogens is 354 g/mol. The number of aromatic nitrogens is 2. The third kappa shape index (κ3) is 4.27. The second-order valence-corrected chi connectivity index (χ2v) is 7.92. The van der Waals surface area contributed by atoms with E-state index in [-0.39, 0.29) is 17.2 Å². The van der Waals surface area contributed by atoms with Crippen LogP contribution >= 0.6 is 23.5 Å². The van der Waals surface area contributed by atoms with Gasteiger partial charge in [0.1, 0.15) is 0 Å². The average molecular weight is 376 g/mol. The number of thioether (sulfide) groups is 2. The summed E-state index contributed by atoms with van der Waals surface area (Å²) in [5, 5.41) is 3.55. The van der Waals surface area contributed by atoms with Crippen LogP contribution in [0.3, 0.4) is 0 Å². The number of carbonyl (C=O) groups excluding carboxylic acids is 1. The van der Waals surface area contributed by atoms with Crippen molar-refractivity contribution >= 4 is 29.4 Å². The zero-order valence-corrected chi connectivity index (χ0v) is 16.0. The lowest BCUT2D eigenvalue weighted by Crippen LogP contribution is -2.27. The van der Waals surface area contributed by atoms with Crippen LogP contribution in [0.15, 0.2) is 39.1 Å². The lowest BCUT2D eigenvalue weighted by molar-refractivity contribution is -0.118. The molecule has 7 heteroatoms. The second-order valence-electron chi connectivity index (χ2n) is 5.87. The van der Waals surface area contributed by atoms with Crippen LogP contribution in [0, 0.1) is 6.92 Å². The van der Waals surface area contributed by atoms with Crippen molar-refractivity contribution in [3.8, 4) is 0 Å². The van der Waals surface area contributed by atoms with Crippen LogP contribution in [0.5, 0.6) is 0 Å². The number of carbonyl (C=O) groups is 1. The van der Waals surface area contributed by atoms with Crippen molar-refractivity contribution in [2.24, 2.45) is 0 Å². The topological polar surface area (TPSA) is 64.0 Å². The number of rotatable bonds is 6. The Labute approximate surface area is 155 Å². The number of hydrogen-bond donors (Lipinski definition) is 1. The Bertz CT molecular complexity index is 831. The molecule has 0 saturated carbocycles. The maximum atomic E-state index is 12.5. The summed E-state index contributed by atoms with van der Waals surface area (Å²) < 4.78 is 1.66. The highest BCUT2D eigenvalue weighted by Gasteiger charge is 2.21. The van der Waals surface area contributed by atoms with Gasteiger partial charge in [0, 0.05) is 25.3 Å². The average Bonchev–Trinajstić information content (AvgIpc) is 3.08. The van der Waals surface area contributed by atoms with Gasteiger partial charge in [-0.2, -0.15) is 0 Å². The summed E-state index contributed by atoms with van der Waals surface area (Å²) in [6, 6.07) is 8.08. The molecule has 132 valence electrons. The predicted molar refractivity (Wildman–Crippen MR) is 102 cm³/mol. The van der Waals surface area contributed by atoms with Crippen LogP contribution in [0.4, 0.5) is 0 Å². The van der Waals surface area contributed by atoms with Crippen molar-refractivity contribution in [2.75, 3.05) is 11.5 Å². The second kappa shape index (κ2) is 8.10. The Morgan fingerprint density at radius 3 is 2.84 bits per heavy atom. The van der Waals surface area contributed by atoms with E-state index in [1.165, 1.54) is 17.3 Å². The summed E-state index contributed by atoms with van der Waals surface area (Å²) in [6.07, 6.45) is 0.826. The van der Waals surface area contributed by atoms with E-state index in [0.717, 1.165) is 28.3 Å². The molecule has 0 unspecified atom stereocenters. The number of nitrogens with one attached hydrogen (secondary N) is 1. The highest BCUT2D eigenvalue weighted by molar-refractivity contribution is 8.00. The maximum absolute atomic E-state index is 12.5. The van der Waals surface area contributed by atoms with Crippen LogP contribution in [0.2, 0.25) is 0 Å². The SMILES string of the molecule is CCn1c(SCC(=O)NCc2ccc(C)cc2)nc2c(c1=O)SCC2. The molecule has 0 aliphatic carbocycles. The highest BCUT2D eigenvalue weighted by Crippen LogP contribution is 2.28. The number of nitrogens with zero attached hydrogens (tertiary/aromatic N) is 2. The number of hydrogen-bond acceptors (Lipinski definition) is 5. The molecule has 0 atom stereocenters. The van der Waals surface area contributed by atoms with Gasteiger partial charge in [-0.25, -0.2) is 4.98 Å². The Morgan fingerprint density at radius 1 is 1.36 bits per heavy atom. The molecule has 0 radical (unpaired) electrons. The van der Waals surface area contributed by atoms with Crippen molar-refractivity contribution in [2.45, 2.75) is 43.4 Å². The molecule has 1 N–H and O–H groups in total. The molecule has 0 bridgehead atoms. The Morgan fingerprint density at radius 2 is 2.12 bits per heavy atom. The van der Waals surface area contributed by atoms with Crippen LogP contribution < -0.4 is 10.9 Å². The Kier molecular flexibility index (Phi) is 5.86. The zero-order chi connectivity index (χ0) is 17.8. The summed E-state index contributed by atoms with van der Waals surface area (Å²) in [5.74, 6) is 1.11. The largest absolute Gasteiger partial charge is 0.351 e. The van der Waals surface area contributed by atoms with Crippen molar-refractivity contribution in [3.05, 3.63) is 51.4 Å². The molecule has 0 fully saturated rings. The van der Waals surface area contributed by atoms with Gasteiger partial charge in [-0.3, -0.25) is 14.2 Å². The van der Waals surface area contributed by atoms with Gasteiger partial charge >= 0.3 is 0 Å². The van der Waals surface area contributed by atoms with Crippen LogP contribution in [-0.4, -0.2) is 27.0 Å². The minimum atomic E-state index is -0.0580. The predicted octanol–water partition coefficient (Wildman–Crippen LogP) is 2.63. The van der Waals surface area contributed by atoms with E-state index in [2.05, 4.69) is 10.3 Å². The Hall–Kier alpha value is -1.73. The zero-order valence-electron chi connectivity index (χ0n) is 14.4. The van der Waals surface area contributed by atoms with E-state index in [1.807, 2.05) is 38.1 Å². The maximum Gasteiger partial charge on any atom is 0.268 e. The first kappa shape index (κ1) is 18.1. The third-order valence-corrected chi connectivity index (χ3v) is 6.09. The minimum Gasteiger partial charge on any atom is -0.351 e. The summed E-state index contributed by atoms with van der Waals surface area (Å²) >= 11 is 2.91. The lowest BCUT2D eigenvalue weighted by atomic mass is 10.1. The first-order valence-electron chi connectivity index (χ1n) is 8.30. The summed E-state index contributed by atoms with van der Waals surface area (Å²) in [4.78, 5) is 30.0. The smallest absolute Gasteiger partial charge is 0.268 e. The molecule has 2 aromatic rings. The van der Waals surface area contributed by atoms with Crippen molar-refractivity contribution in [3.63, 3.8) is 0 Å². The van der Waals surface area contributed by atoms with Gasteiger partial charge in [0.05, 0.1) is 16.3 Å².